The lowest BCUT2D eigenvalue weighted by Gasteiger charge is -2.08. The van der Waals surface area contributed by atoms with Crippen LogP contribution in [0.4, 0.5) is 0 Å². The molecule has 0 aromatic heterocycles. The molecule has 0 N–H and O–H groups in total. The van der Waals surface area contributed by atoms with Crippen molar-refractivity contribution in [3.05, 3.63) is 11.3 Å². The molecule has 1 aliphatic rings. The largest absolute Gasteiger partial charge is 0.490 e. The highest BCUT2D eigenvalue weighted by molar-refractivity contribution is 5.96. The third-order valence-electron chi connectivity index (χ3n) is 1.93. The molecular formula is C10H16O2. The highest BCUT2D eigenvalue weighted by atomic mass is 16.5. The van der Waals surface area contributed by atoms with Crippen molar-refractivity contribution in [3.8, 4) is 0 Å². The molecular weight excluding hydrogens is 152 g/mol. The molecule has 2 nitrogen and oxygen atoms in total. The molecule has 68 valence electrons. The molecule has 0 amide bonds. The number of allylic oxidation sites excluding steroid dienone is 2. The summed E-state index contributed by atoms with van der Waals surface area (Å²) in [7, 11) is 0. The van der Waals surface area contributed by atoms with Crippen molar-refractivity contribution in [2.24, 2.45) is 5.92 Å². The number of carbonyl (C=O) groups excluding carboxylic acids is 1. The second-order valence-electron chi connectivity index (χ2n) is 3.74. The van der Waals surface area contributed by atoms with E-state index in [1.165, 1.54) is 0 Å². The Bertz CT molecular complexity index is 214. The van der Waals surface area contributed by atoms with E-state index in [0.29, 0.717) is 24.7 Å². The number of ether oxygens (including phenoxy) is 1. The molecule has 0 saturated heterocycles. The van der Waals surface area contributed by atoms with Gasteiger partial charge in [-0.1, -0.05) is 13.8 Å². The molecule has 1 rings (SSSR count). The molecule has 0 heterocycles. The molecule has 0 radical (unpaired) electrons. The highest BCUT2D eigenvalue weighted by Gasteiger charge is 2.21. The van der Waals surface area contributed by atoms with E-state index in [0.717, 1.165) is 12.0 Å². The Labute approximate surface area is 73.6 Å². The predicted octanol–water partition coefficient (Wildman–Crippen LogP) is 2.30. The van der Waals surface area contributed by atoms with Crippen LogP contribution >= 0.6 is 0 Å². The zero-order chi connectivity index (χ0) is 9.14. The standard InChI is InChI=1S/C10H16O2/c1-7(2)6-12-10-8(3)4-5-9(10)11/h7H,4-6H2,1-3H3. The molecule has 0 aliphatic heterocycles. The Morgan fingerprint density at radius 2 is 2.08 bits per heavy atom. The van der Waals surface area contributed by atoms with Crippen molar-refractivity contribution in [1.29, 1.82) is 0 Å². The summed E-state index contributed by atoms with van der Waals surface area (Å²) in [6.07, 6.45) is 1.52. The molecule has 0 aromatic rings. The van der Waals surface area contributed by atoms with Crippen LogP contribution in [0.5, 0.6) is 0 Å². The van der Waals surface area contributed by atoms with Crippen LogP contribution in [0, 0.1) is 5.92 Å². The number of Topliss-reactive ketones (excluding diaryl/α,β-unsaturated/α-hetero) is 1. The summed E-state index contributed by atoms with van der Waals surface area (Å²) < 4.78 is 5.42. The second kappa shape index (κ2) is 3.74. The molecule has 0 atom stereocenters. The average molecular weight is 168 g/mol. The lowest BCUT2D eigenvalue weighted by Crippen LogP contribution is -2.06. The van der Waals surface area contributed by atoms with Gasteiger partial charge in [0.1, 0.15) is 0 Å². The van der Waals surface area contributed by atoms with Crippen LogP contribution in [0.25, 0.3) is 0 Å². The van der Waals surface area contributed by atoms with Crippen molar-refractivity contribution < 1.29 is 9.53 Å². The molecule has 0 bridgehead atoms. The van der Waals surface area contributed by atoms with Crippen molar-refractivity contribution in [1.82, 2.24) is 0 Å². The SMILES string of the molecule is CC1=C(OCC(C)C)C(=O)CC1. The zero-order valence-electron chi connectivity index (χ0n) is 8.02. The van der Waals surface area contributed by atoms with Crippen molar-refractivity contribution in [2.45, 2.75) is 33.6 Å². The Balaban J connectivity index is 2.50. The molecule has 12 heavy (non-hydrogen) atoms. The van der Waals surface area contributed by atoms with Gasteiger partial charge in [0.2, 0.25) is 0 Å². The van der Waals surface area contributed by atoms with Crippen LogP contribution in [-0.2, 0) is 9.53 Å². The Morgan fingerprint density at radius 3 is 2.50 bits per heavy atom. The third kappa shape index (κ3) is 2.10. The first-order chi connectivity index (χ1) is 5.61. The number of rotatable bonds is 3. The molecule has 0 spiro atoms. The number of carbonyl (C=O) groups is 1. The van der Waals surface area contributed by atoms with E-state index < -0.39 is 0 Å². The Kier molecular flexibility index (Phi) is 2.90. The van der Waals surface area contributed by atoms with E-state index in [9.17, 15) is 4.79 Å². The van der Waals surface area contributed by atoms with E-state index in [4.69, 9.17) is 4.74 Å². The maximum atomic E-state index is 11.2. The third-order valence-corrected chi connectivity index (χ3v) is 1.93. The highest BCUT2D eigenvalue weighted by Crippen LogP contribution is 2.23. The predicted molar refractivity (Wildman–Crippen MR) is 47.7 cm³/mol. The molecule has 1 aliphatic carbocycles. The number of hydrogen-bond acceptors (Lipinski definition) is 2. The fourth-order valence-electron chi connectivity index (χ4n) is 1.22. The summed E-state index contributed by atoms with van der Waals surface area (Å²) in [5.41, 5.74) is 1.11. The van der Waals surface area contributed by atoms with Gasteiger partial charge in [0.25, 0.3) is 0 Å². The van der Waals surface area contributed by atoms with Crippen LogP contribution < -0.4 is 0 Å². The van der Waals surface area contributed by atoms with E-state index >= 15 is 0 Å². The first kappa shape index (κ1) is 9.30. The summed E-state index contributed by atoms with van der Waals surface area (Å²) in [4.78, 5) is 11.2. The van der Waals surface area contributed by atoms with Crippen molar-refractivity contribution in [2.75, 3.05) is 6.61 Å². The summed E-state index contributed by atoms with van der Waals surface area (Å²) in [5.74, 6) is 1.29. The quantitative estimate of drug-likeness (QED) is 0.646. The maximum Gasteiger partial charge on any atom is 0.197 e. The molecule has 0 aromatic carbocycles. The van der Waals surface area contributed by atoms with Crippen LogP contribution in [0.2, 0.25) is 0 Å². The van der Waals surface area contributed by atoms with E-state index in [-0.39, 0.29) is 5.78 Å². The smallest absolute Gasteiger partial charge is 0.197 e. The van der Waals surface area contributed by atoms with Crippen molar-refractivity contribution in [3.63, 3.8) is 0 Å². The van der Waals surface area contributed by atoms with E-state index in [1.807, 2.05) is 6.92 Å². The monoisotopic (exact) mass is 168 g/mol. The van der Waals surface area contributed by atoms with Gasteiger partial charge in [0, 0.05) is 6.42 Å². The summed E-state index contributed by atoms with van der Waals surface area (Å²) in [6, 6.07) is 0. The van der Waals surface area contributed by atoms with Crippen LogP contribution in [-0.4, -0.2) is 12.4 Å². The fraction of sp³-hybridized carbons (Fsp3) is 0.700. The molecule has 2 heteroatoms. The van der Waals surface area contributed by atoms with Gasteiger partial charge in [-0.25, -0.2) is 0 Å². The van der Waals surface area contributed by atoms with Gasteiger partial charge in [-0.15, -0.1) is 0 Å². The summed E-state index contributed by atoms with van der Waals surface area (Å²) >= 11 is 0. The number of hydrogen-bond donors (Lipinski definition) is 0. The van der Waals surface area contributed by atoms with Crippen LogP contribution in [0.15, 0.2) is 11.3 Å². The van der Waals surface area contributed by atoms with Crippen LogP contribution in [0.1, 0.15) is 33.6 Å². The second-order valence-corrected chi connectivity index (χ2v) is 3.74. The Hall–Kier alpha value is -0.790. The zero-order valence-corrected chi connectivity index (χ0v) is 8.02. The van der Waals surface area contributed by atoms with Gasteiger partial charge in [0.15, 0.2) is 11.5 Å². The van der Waals surface area contributed by atoms with Gasteiger partial charge in [-0.05, 0) is 24.8 Å². The van der Waals surface area contributed by atoms with E-state index in [2.05, 4.69) is 13.8 Å². The van der Waals surface area contributed by atoms with Crippen LogP contribution in [0.3, 0.4) is 0 Å². The van der Waals surface area contributed by atoms with Gasteiger partial charge >= 0.3 is 0 Å². The lowest BCUT2D eigenvalue weighted by molar-refractivity contribution is -0.118. The molecule has 0 saturated carbocycles. The van der Waals surface area contributed by atoms with E-state index in [1.54, 1.807) is 0 Å². The normalized spacial score (nSPS) is 17.8. The first-order valence-corrected chi connectivity index (χ1v) is 4.47. The first-order valence-electron chi connectivity index (χ1n) is 4.47. The summed E-state index contributed by atoms with van der Waals surface area (Å²) in [6.45, 7) is 6.78. The lowest BCUT2D eigenvalue weighted by atomic mass is 10.2. The molecule has 0 unspecified atom stereocenters. The van der Waals surface area contributed by atoms with Gasteiger partial charge in [-0.2, -0.15) is 0 Å². The number of ketones is 1. The van der Waals surface area contributed by atoms with Gasteiger partial charge < -0.3 is 4.74 Å². The van der Waals surface area contributed by atoms with Gasteiger partial charge in [0.05, 0.1) is 6.61 Å². The Morgan fingerprint density at radius 1 is 1.42 bits per heavy atom. The minimum absolute atomic E-state index is 0.174. The molecule has 0 fully saturated rings. The maximum absolute atomic E-state index is 11.2. The minimum atomic E-state index is 0.174. The van der Waals surface area contributed by atoms with Crippen molar-refractivity contribution >= 4 is 5.78 Å². The fourth-order valence-corrected chi connectivity index (χ4v) is 1.22. The average Bonchev–Trinajstić information content (AvgIpc) is 2.28. The minimum Gasteiger partial charge on any atom is -0.490 e. The summed E-state index contributed by atoms with van der Waals surface area (Å²) in [5, 5.41) is 0. The van der Waals surface area contributed by atoms with Gasteiger partial charge in [-0.3, -0.25) is 4.79 Å². The topological polar surface area (TPSA) is 26.3 Å².